The lowest BCUT2D eigenvalue weighted by Gasteiger charge is -2.30. The Morgan fingerprint density at radius 3 is 1.44 bits per heavy atom. The van der Waals surface area contributed by atoms with E-state index in [0.717, 1.165) is 24.0 Å². The maximum atomic E-state index is 11.1. The number of methoxy groups -OCH3 is 2. The lowest BCUT2D eigenvalue weighted by molar-refractivity contribution is -0.162. The topological polar surface area (TPSA) is 134 Å². The highest BCUT2D eigenvalue weighted by molar-refractivity contribution is 5.81. The number of aliphatic carboxylic acids is 2. The molecule has 172 valence electrons. The molecule has 0 amide bonds. The Morgan fingerprint density at radius 1 is 0.750 bits per heavy atom. The van der Waals surface area contributed by atoms with Crippen molar-refractivity contribution in [3.63, 3.8) is 0 Å². The van der Waals surface area contributed by atoms with E-state index in [-0.39, 0.29) is 12.8 Å². The van der Waals surface area contributed by atoms with Crippen LogP contribution in [0.2, 0.25) is 0 Å². The summed E-state index contributed by atoms with van der Waals surface area (Å²) in [5.74, 6) is -1.25. The van der Waals surface area contributed by atoms with Crippen LogP contribution in [0, 0.1) is 0 Å². The maximum Gasteiger partial charge on any atom is 0.340 e. The summed E-state index contributed by atoms with van der Waals surface area (Å²) in [5.41, 5.74) is -0.824. The van der Waals surface area contributed by atoms with Gasteiger partial charge in [0.15, 0.2) is 11.2 Å². The largest absolute Gasteiger partial charge is 0.497 e. The van der Waals surface area contributed by atoms with Gasteiger partial charge >= 0.3 is 11.9 Å². The fourth-order valence-electron chi connectivity index (χ4n) is 4.35. The van der Waals surface area contributed by atoms with Gasteiger partial charge in [0.2, 0.25) is 0 Å². The number of rotatable bonds is 4. The summed E-state index contributed by atoms with van der Waals surface area (Å²) in [6, 6.07) is 10.4. The van der Waals surface area contributed by atoms with E-state index in [1.54, 1.807) is 24.3 Å². The molecular weight excluding hydrogens is 416 g/mol. The third-order valence-corrected chi connectivity index (χ3v) is 6.20. The highest BCUT2D eigenvalue weighted by Gasteiger charge is 2.42. The van der Waals surface area contributed by atoms with Crippen LogP contribution in [-0.2, 0) is 33.6 Å². The minimum atomic E-state index is -1.76. The maximum absolute atomic E-state index is 11.1. The molecule has 0 fully saturated rings. The molecule has 0 aliphatic heterocycles. The van der Waals surface area contributed by atoms with Crippen molar-refractivity contribution in [3.8, 4) is 11.5 Å². The van der Waals surface area contributed by atoms with Gasteiger partial charge in [0.25, 0.3) is 0 Å². The van der Waals surface area contributed by atoms with E-state index in [4.69, 9.17) is 19.7 Å². The number of fused-ring (bicyclic) bond motifs is 2. The van der Waals surface area contributed by atoms with Crippen LogP contribution < -0.4 is 9.47 Å². The van der Waals surface area contributed by atoms with Gasteiger partial charge in [0.1, 0.15) is 11.5 Å². The van der Waals surface area contributed by atoms with Crippen LogP contribution >= 0.6 is 0 Å². The van der Waals surface area contributed by atoms with Crippen molar-refractivity contribution < 1.29 is 39.5 Å². The van der Waals surface area contributed by atoms with Crippen molar-refractivity contribution >= 4 is 11.9 Å². The Morgan fingerprint density at radius 2 is 1.12 bits per heavy atom. The number of carboxylic acids is 2. The molecule has 2 aromatic rings. The summed E-state index contributed by atoms with van der Waals surface area (Å²) >= 11 is 0. The summed E-state index contributed by atoms with van der Waals surface area (Å²) in [5, 5.41) is 38.6. The molecule has 32 heavy (non-hydrogen) atoms. The number of carboxylic acid groups (broad SMARTS) is 2. The van der Waals surface area contributed by atoms with Crippen molar-refractivity contribution in [2.75, 3.05) is 14.2 Å². The molecule has 0 aromatic heterocycles. The molecule has 2 aliphatic carbocycles. The van der Waals surface area contributed by atoms with Gasteiger partial charge in [0, 0.05) is 11.1 Å². The Balaban J connectivity index is 0.000000181. The summed E-state index contributed by atoms with van der Waals surface area (Å²) in [6.07, 6.45) is 3.47. The van der Waals surface area contributed by atoms with Gasteiger partial charge in [0.05, 0.1) is 14.2 Å². The molecule has 2 aliphatic rings. The zero-order valence-electron chi connectivity index (χ0n) is 18.1. The first-order valence-electron chi connectivity index (χ1n) is 10.4. The lowest BCUT2D eigenvalue weighted by Crippen LogP contribution is -2.38. The Kier molecular flexibility index (Phi) is 6.76. The Labute approximate surface area is 186 Å². The molecule has 0 bridgehead atoms. The second-order valence-corrected chi connectivity index (χ2v) is 8.08. The van der Waals surface area contributed by atoms with Gasteiger partial charge in [-0.2, -0.15) is 0 Å². The molecule has 4 rings (SSSR count). The molecule has 4 N–H and O–H groups in total. The second-order valence-electron chi connectivity index (χ2n) is 8.08. The number of carbonyl (C=O) groups is 2. The van der Waals surface area contributed by atoms with Crippen LogP contribution in [0.3, 0.4) is 0 Å². The molecule has 2 aromatic carbocycles. The number of ether oxygens (including phenoxy) is 2. The zero-order chi connectivity index (χ0) is 23.5. The zero-order valence-corrected chi connectivity index (χ0v) is 18.1. The molecule has 2 unspecified atom stereocenters. The summed E-state index contributed by atoms with van der Waals surface area (Å²) in [6.45, 7) is 0. The van der Waals surface area contributed by atoms with Gasteiger partial charge < -0.3 is 29.9 Å². The normalized spacial score (nSPS) is 23.6. The van der Waals surface area contributed by atoms with Gasteiger partial charge in [-0.25, -0.2) is 9.59 Å². The lowest BCUT2D eigenvalue weighted by atomic mass is 9.79. The third-order valence-electron chi connectivity index (χ3n) is 6.20. The first-order chi connectivity index (χ1) is 15.2. The third kappa shape index (κ3) is 4.28. The average molecular weight is 444 g/mol. The fourth-order valence-corrected chi connectivity index (χ4v) is 4.35. The molecule has 8 nitrogen and oxygen atoms in total. The number of benzene rings is 2. The predicted octanol–water partition coefficient (Wildman–Crippen LogP) is 2.61. The van der Waals surface area contributed by atoms with Crippen molar-refractivity contribution in [1.82, 2.24) is 0 Å². The van der Waals surface area contributed by atoms with Crippen LogP contribution in [0.4, 0.5) is 0 Å². The quantitative estimate of drug-likeness (QED) is 0.566. The summed E-state index contributed by atoms with van der Waals surface area (Å²) in [7, 11) is 3.04. The van der Waals surface area contributed by atoms with Crippen LogP contribution in [0.15, 0.2) is 36.4 Å². The van der Waals surface area contributed by atoms with Crippen LogP contribution in [0.5, 0.6) is 11.5 Å². The average Bonchev–Trinajstić information content (AvgIpc) is 2.79. The minimum Gasteiger partial charge on any atom is -0.497 e. The van der Waals surface area contributed by atoms with E-state index in [1.165, 1.54) is 14.2 Å². The molecule has 0 heterocycles. The van der Waals surface area contributed by atoms with Crippen molar-refractivity contribution in [1.29, 1.82) is 0 Å². The predicted molar refractivity (Wildman–Crippen MR) is 115 cm³/mol. The Bertz CT molecular complexity index is 936. The highest BCUT2D eigenvalue weighted by Crippen LogP contribution is 2.38. The molecule has 8 heteroatoms. The van der Waals surface area contributed by atoms with Crippen LogP contribution in [-0.4, -0.2) is 46.6 Å². The van der Waals surface area contributed by atoms with E-state index < -0.39 is 23.1 Å². The van der Waals surface area contributed by atoms with Gasteiger partial charge in [-0.05, 0) is 73.9 Å². The van der Waals surface area contributed by atoms with Gasteiger partial charge in [-0.15, -0.1) is 0 Å². The first kappa shape index (κ1) is 23.6. The minimum absolute atomic E-state index is 0.252. The monoisotopic (exact) mass is 444 g/mol. The van der Waals surface area contributed by atoms with E-state index >= 15 is 0 Å². The Hall–Kier alpha value is -3.10. The standard InChI is InChI=1S/2C12H14O4/c2*1-16-9-5-4-8-3-2-6-12(15,11(13)14)10(8)7-9/h2*4-5,7,15H,2-3,6H2,1H3,(H,13,14). The van der Waals surface area contributed by atoms with Crippen LogP contribution in [0.1, 0.15) is 47.9 Å². The molecule has 0 saturated heterocycles. The molecule has 0 radical (unpaired) electrons. The van der Waals surface area contributed by atoms with Crippen LogP contribution in [0.25, 0.3) is 0 Å². The smallest absolute Gasteiger partial charge is 0.340 e. The first-order valence-corrected chi connectivity index (χ1v) is 10.4. The van der Waals surface area contributed by atoms with E-state index in [0.29, 0.717) is 35.5 Å². The van der Waals surface area contributed by atoms with Crippen molar-refractivity contribution in [3.05, 3.63) is 58.7 Å². The fraction of sp³-hybridized carbons (Fsp3) is 0.417. The molecule has 0 saturated carbocycles. The number of aliphatic hydroxyl groups is 2. The number of aryl methyl sites for hydroxylation is 2. The van der Waals surface area contributed by atoms with Crippen molar-refractivity contribution in [2.45, 2.75) is 49.7 Å². The molecular formula is C24H28O8. The van der Waals surface area contributed by atoms with Gasteiger partial charge in [-0.3, -0.25) is 0 Å². The van der Waals surface area contributed by atoms with E-state index in [9.17, 15) is 19.8 Å². The van der Waals surface area contributed by atoms with E-state index in [1.807, 2.05) is 12.1 Å². The summed E-state index contributed by atoms with van der Waals surface area (Å²) in [4.78, 5) is 22.3. The van der Waals surface area contributed by atoms with Crippen molar-refractivity contribution in [2.24, 2.45) is 0 Å². The number of hydrogen-bond acceptors (Lipinski definition) is 6. The number of hydrogen-bond donors (Lipinski definition) is 4. The second kappa shape index (κ2) is 9.18. The molecule has 0 spiro atoms. The van der Waals surface area contributed by atoms with E-state index in [2.05, 4.69) is 0 Å². The summed E-state index contributed by atoms with van der Waals surface area (Å²) < 4.78 is 10.1. The molecule has 2 atom stereocenters. The highest BCUT2D eigenvalue weighted by atomic mass is 16.5. The van der Waals surface area contributed by atoms with Gasteiger partial charge in [-0.1, -0.05) is 12.1 Å². The SMILES string of the molecule is COc1ccc2c(c1)C(O)(C(=O)O)CCC2.COc1ccc2c(c1)C(O)(C(=O)O)CCC2.